The molecule has 13 nitrogen and oxygen atoms in total. The summed E-state index contributed by atoms with van der Waals surface area (Å²) in [6.07, 6.45) is 5.01. The van der Waals surface area contributed by atoms with E-state index in [4.69, 9.17) is 10.4 Å². The number of aromatic nitrogens is 1. The van der Waals surface area contributed by atoms with Gasteiger partial charge >= 0.3 is 0 Å². The van der Waals surface area contributed by atoms with Gasteiger partial charge in [-0.05, 0) is 25.5 Å². The smallest absolute Gasteiger partial charge is 0.261 e. The molecule has 0 spiro atoms. The molecule has 0 aromatic carbocycles. The summed E-state index contributed by atoms with van der Waals surface area (Å²) < 4.78 is 47.2. The summed E-state index contributed by atoms with van der Waals surface area (Å²) in [5, 5.41) is 16.6. The summed E-state index contributed by atoms with van der Waals surface area (Å²) in [6, 6.07) is 1.40. The number of nitrogens with one attached hydrogen (secondary N) is 3. The van der Waals surface area contributed by atoms with Crippen molar-refractivity contribution in [2.75, 3.05) is 12.5 Å². The first kappa shape index (κ1) is 26.8. The molecule has 0 bridgehead atoms. The van der Waals surface area contributed by atoms with E-state index in [1.54, 1.807) is 18.3 Å². The molecule has 0 aliphatic carbocycles. The summed E-state index contributed by atoms with van der Waals surface area (Å²) >= 11 is 0. The molecule has 29 heavy (non-hydrogen) atoms. The predicted octanol–water partition coefficient (Wildman–Crippen LogP) is -1.83. The van der Waals surface area contributed by atoms with Crippen molar-refractivity contribution in [2.45, 2.75) is 32.5 Å². The van der Waals surface area contributed by atoms with Gasteiger partial charge in [-0.1, -0.05) is 6.07 Å². The highest BCUT2D eigenvalue weighted by Gasteiger charge is 2.28. The van der Waals surface area contributed by atoms with Crippen LogP contribution in [0.15, 0.2) is 24.5 Å². The van der Waals surface area contributed by atoms with Crippen LogP contribution in [-0.4, -0.2) is 72.9 Å². The van der Waals surface area contributed by atoms with E-state index in [2.05, 4.69) is 4.98 Å². The van der Waals surface area contributed by atoms with Crippen molar-refractivity contribution < 1.29 is 36.8 Å². The van der Waals surface area contributed by atoms with Gasteiger partial charge in [-0.15, -0.1) is 0 Å². The molecule has 0 aliphatic rings. The third kappa shape index (κ3) is 10.8. The summed E-state index contributed by atoms with van der Waals surface area (Å²) in [6.45, 7) is 2.72. The second kappa shape index (κ2) is 11.7. The van der Waals surface area contributed by atoms with Gasteiger partial charge in [0.25, 0.3) is 11.8 Å². The summed E-state index contributed by atoms with van der Waals surface area (Å²) in [7, 11) is -6.98. The zero-order chi connectivity index (χ0) is 22.8. The van der Waals surface area contributed by atoms with E-state index in [-0.39, 0.29) is 6.54 Å². The van der Waals surface area contributed by atoms with Crippen molar-refractivity contribution in [3.63, 3.8) is 0 Å². The van der Waals surface area contributed by atoms with Gasteiger partial charge in [0.1, 0.15) is 6.04 Å². The molecule has 2 amide bonds. The lowest BCUT2D eigenvalue weighted by Gasteiger charge is -2.25. The van der Waals surface area contributed by atoms with Gasteiger partial charge < -0.3 is 0 Å². The van der Waals surface area contributed by atoms with Crippen molar-refractivity contribution in [3.8, 4) is 0 Å². The third-order valence-electron chi connectivity index (χ3n) is 3.30. The Morgan fingerprint density at radius 2 is 1.66 bits per heavy atom. The Kier molecular flexibility index (Phi) is 10.9. The first-order valence-corrected chi connectivity index (χ1v) is 11.7. The number of hydrogen-bond donors (Lipinski definition) is 5. The highest BCUT2D eigenvalue weighted by atomic mass is 32.2. The zero-order valence-corrected chi connectivity index (χ0v) is 17.9. The minimum absolute atomic E-state index is 0.0151. The molecule has 0 fully saturated rings. The highest BCUT2D eigenvalue weighted by Crippen LogP contribution is 2.11. The largest absolute Gasteiger partial charge is 0.289 e. The van der Waals surface area contributed by atoms with Crippen LogP contribution in [-0.2, 0) is 36.2 Å². The van der Waals surface area contributed by atoms with Gasteiger partial charge in [-0.25, -0.2) is 32.5 Å². The Morgan fingerprint density at radius 3 is 2.03 bits per heavy atom. The van der Waals surface area contributed by atoms with E-state index < -0.39 is 43.9 Å². The number of rotatable bonds is 8. The number of carbonyl (C=O) groups excluding carboxylic acids is 2. The molecule has 5 N–H and O–H groups in total. The second-order valence-corrected chi connectivity index (χ2v) is 9.62. The van der Waals surface area contributed by atoms with Crippen LogP contribution in [0, 0.1) is 0 Å². The van der Waals surface area contributed by atoms with Gasteiger partial charge in [0.2, 0.25) is 20.0 Å². The van der Waals surface area contributed by atoms with Gasteiger partial charge in [-0.3, -0.25) is 25.0 Å². The van der Waals surface area contributed by atoms with E-state index >= 15 is 0 Å². The first-order chi connectivity index (χ1) is 13.2. The van der Waals surface area contributed by atoms with Crippen LogP contribution in [0.25, 0.3) is 0 Å². The average molecular weight is 456 g/mol. The number of sulfonamides is 2. The zero-order valence-electron chi connectivity index (χ0n) is 16.2. The number of pyridine rings is 1. The highest BCUT2D eigenvalue weighted by molar-refractivity contribution is 7.88. The van der Waals surface area contributed by atoms with Crippen LogP contribution >= 0.6 is 0 Å². The Balaban J connectivity index is 0.000000614. The molecule has 1 heterocycles. The maximum atomic E-state index is 11.6. The molecule has 166 valence electrons. The second-order valence-electron chi connectivity index (χ2n) is 5.91. The van der Waals surface area contributed by atoms with Crippen LogP contribution in [0.2, 0.25) is 0 Å². The minimum atomic E-state index is -3.58. The maximum absolute atomic E-state index is 11.6. The summed E-state index contributed by atoms with van der Waals surface area (Å²) in [4.78, 5) is 25.7. The first-order valence-electron chi connectivity index (χ1n) is 7.93. The van der Waals surface area contributed by atoms with Crippen LogP contribution in [0.1, 0.15) is 19.4 Å². The fourth-order valence-electron chi connectivity index (χ4n) is 1.91. The Bertz CT molecular complexity index is 877. The quantitative estimate of drug-likeness (QED) is 0.221. The Morgan fingerprint density at radius 1 is 1.10 bits per heavy atom. The maximum Gasteiger partial charge on any atom is 0.261 e. The minimum Gasteiger partial charge on any atom is -0.289 e. The normalized spacial score (nSPS) is 13.6. The molecule has 15 heteroatoms. The molecular weight excluding hydrogens is 430 g/mol. The molecule has 1 aromatic heterocycles. The molecule has 1 rings (SSSR count). The fraction of sp³-hybridized carbons (Fsp3) is 0.500. The van der Waals surface area contributed by atoms with Crippen LogP contribution < -0.4 is 15.7 Å². The number of nitrogens with zero attached hydrogens (tertiary/aromatic N) is 2. The lowest BCUT2D eigenvalue weighted by atomic mass is 10.2. The van der Waals surface area contributed by atoms with Crippen LogP contribution in [0.4, 0.5) is 0 Å². The molecule has 0 saturated heterocycles. The van der Waals surface area contributed by atoms with E-state index in [1.807, 2.05) is 4.72 Å². The lowest BCUT2D eigenvalue weighted by molar-refractivity contribution is -0.132. The number of hydroxylamine groups is 2. The SMILES string of the molecule is CC(C(=O)NO)N(Cc1cccnc1)S(C)(=O)=O.CC(NS(C)(=O)=O)C(=O)NO. The number of carbonyl (C=O) groups is 2. The Labute approximate surface area is 169 Å². The van der Waals surface area contributed by atoms with E-state index in [1.165, 1.54) is 31.0 Å². The third-order valence-corrected chi connectivity index (χ3v) is 5.38. The van der Waals surface area contributed by atoms with E-state index in [9.17, 15) is 26.4 Å². The van der Waals surface area contributed by atoms with Crippen molar-refractivity contribution in [2.24, 2.45) is 0 Å². The molecule has 0 saturated carbocycles. The number of hydrogen-bond acceptors (Lipinski definition) is 9. The molecule has 1 aromatic rings. The van der Waals surface area contributed by atoms with Crippen molar-refractivity contribution in [3.05, 3.63) is 30.1 Å². The van der Waals surface area contributed by atoms with Gasteiger partial charge in [0.05, 0.1) is 18.6 Å². The summed E-state index contributed by atoms with van der Waals surface area (Å²) in [5.41, 5.74) is 3.42. The molecule has 0 aliphatic heterocycles. The van der Waals surface area contributed by atoms with E-state index in [0.29, 0.717) is 5.56 Å². The van der Waals surface area contributed by atoms with Crippen molar-refractivity contribution in [1.82, 2.24) is 25.0 Å². The van der Waals surface area contributed by atoms with Crippen LogP contribution in [0.3, 0.4) is 0 Å². The molecular formula is C14H25N5O8S2. The topological polar surface area (TPSA) is 195 Å². The molecule has 2 unspecified atom stereocenters. The predicted molar refractivity (Wildman–Crippen MR) is 101 cm³/mol. The Hall–Kier alpha value is -2.17. The molecule has 2 atom stereocenters. The van der Waals surface area contributed by atoms with Gasteiger partial charge in [0, 0.05) is 18.9 Å². The average Bonchev–Trinajstić information content (AvgIpc) is 2.63. The summed E-state index contributed by atoms with van der Waals surface area (Å²) in [5.74, 6) is -1.58. The number of amides is 2. The van der Waals surface area contributed by atoms with E-state index in [0.717, 1.165) is 16.8 Å². The van der Waals surface area contributed by atoms with Gasteiger partial charge in [-0.2, -0.15) is 4.31 Å². The monoisotopic (exact) mass is 455 g/mol. The van der Waals surface area contributed by atoms with Crippen molar-refractivity contribution >= 4 is 31.9 Å². The standard InChI is InChI=1S/C10H15N3O4S.C4H10N2O4S/c1-8(10(14)12-15)13(18(2,16)17)7-9-4-3-5-11-6-9;1-3(4(7)5-8)6-11(2,9)10/h3-6,8,15H,7H2,1-2H3,(H,12,14);3,6,8H,1-2H3,(H,5,7). The molecule has 0 radical (unpaired) electrons. The lowest BCUT2D eigenvalue weighted by Crippen LogP contribution is -2.46. The fourth-order valence-corrected chi connectivity index (χ4v) is 3.71. The van der Waals surface area contributed by atoms with Crippen molar-refractivity contribution in [1.29, 1.82) is 0 Å². The van der Waals surface area contributed by atoms with Gasteiger partial charge in [0.15, 0.2) is 0 Å². The van der Waals surface area contributed by atoms with Crippen LogP contribution in [0.5, 0.6) is 0 Å².